The second kappa shape index (κ2) is 5.61. The number of hydrogen-bond acceptors (Lipinski definition) is 5. The number of thioether (sulfide) groups is 1. The van der Waals surface area contributed by atoms with Crippen LogP contribution in [0.2, 0.25) is 0 Å². The monoisotopic (exact) mass is 297 g/mol. The van der Waals surface area contributed by atoms with Crippen LogP contribution in [-0.2, 0) is 0 Å². The van der Waals surface area contributed by atoms with E-state index in [0.717, 1.165) is 26.6 Å². The quantitative estimate of drug-likeness (QED) is 0.419. The summed E-state index contributed by atoms with van der Waals surface area (Å²) >= 11 is 3.06. The van der Waals surface area contributed by atoms with E-state index in [1.54, 1.807) is 11.3 Å². The molecular formula is C15H11N3S2. The van der Waals surface area contributed by atoms with Crippen LogP contribution in [0, 0.1) is 19.3 Å². The van der Waals surface area contributed by atoms with Crippen molar-refractivity contribution in [1.29, 1.82) is 0 Å². The van der Waals surface area contributed by atoms with Crippen molar-refractivity contribution in [3.05, 3.63) is 35.3 Å². The maximum absolute atomic E-state index is 5.31. The lowest BCUT2D eigenvalue weighted by molar-refractivity contribution is 1.01. The molecule has 20 heavy (non-hydrogen) atoms. The van der Waals surface area contributed by atoms with Crippen LogP contribution in [-0.4, -0.2) is 20.7 Å². The number of terminal acetylenes is 1. The largest absolute Gasteiger partial charge is 0.237 e. The summed E-state index contributed by atoms with van der Waals surface area (Å²) in [5.74, 6) is 3.17. The van der Waals surface area contributed by atoms with Gasteiger partial charge >= 0.3 is 0 Å². The normalized spacial score (nSPS) is 10.6. The molecule has 0 fully saturated rings. The summed E-state index contributed by atoms with van der Waals surface area (Å²) in [4.78, 5) is 14.6. The predicted molar refractivity (Wildman–Crippen MR) is 84.9 cm³/mol. The average molecular weight is 297 g/mol. The van der Waals surface area contributed by atoms with Crippen LogP contribution >= 0.6 is 23.1 Å². The summed E-state index contributed by atoms with van der Waals surface area (Å²) in [7, 11) is 0. The molecule has 0 N–H and O–H groups in total. The molecule has 3 rings (SSSR count). The second-order valence-electron chi connectivity index (χ2n) is 4.10. The molecule has 0 atom stereocenters. The number of thiazole rings is 1. The summed E-state index contributed by atoms with van der Waals surface area (Å²) in [5.41, 5.74) is 2.79. The number of benzene rings is 1. The van der Waals surface area contributed by atoms with Gasteiger partial charge in [-0.25, -0.2) is 15.0 Å². The third-order valence-corrected chi connectivity index (χ3v) is 4.29. The molecule has 3 aromatic rings. The zero-order valence-corrected chi connectivity index (χ0v) is 12.5. The summed E-state index contributed by atoms with van der Waals surface area (Å²) in [6.45, 7) is 1.98. The molecule has 3 nitrogen and oxygen atoms in total. The van der Waals surface area contributed by atoms with Crippen LogP contribution in [0.1, 0.15) is 5.01 Å². The van der Waals surface area contributed by atoms with Gasteiger partial charge in [-0.1, -0.05) is 59.4 Å². The minimum atomic E-state index is 0.567. The first-order chi connectivity index (χ1) is 9.78. The van der Waals surface area contributed by atoms with Gasteiger partial charge in [-0.2, -0.15) is 0 Å². The first-order valence-electron chi connectivity index (χ1n) is 6.05. The van der Waals surface area contributed by atoms with Crippen molar-refractivity contribution in [3.63, 3.8) is 0 Å². The SMILES string of the molecule is C#CCSc1nc(-c2ccccc2)c2nc(C)sc2n1. The summed E-state index contributed by atoms with van der Waals surface area (Å²) in [5, 5.41) is 1.70. The first-order valence-corrected chi connectivity index (χ1v) is 7.85. The van der Waals surface area contributed by atoms with Crippen molar-refractivity contribution in [2.75, 3.05) is 5.75 Å². The number of aryl methyl sites for hydroxylation is 1. The Morgan fingerprint density at radius 3 is 2.75 bits per heavy atom. The minimum absolute atomic E-state index is 0.567. The van der Waals surface area contributed by atoms with Crippen molar-refractivity contribution < 1.29 is 0 Å². The van der Waals surface area contributed by atoms with Crippen LogP contribution in [0.4, 0.5) is 0 Å². The Morgan fingerprint density at radius 2 is 2.00 bits per heavy atom. The van der Waals surface area contributed by atoms with Gasteiger partial charge in [-0.05, 0) is 6.92 Å². The van der Waals surface area contributed by atoms with E-state index in [2.05, 4.69) is 20.9 Å². The molecule has 98 valence electrons. The highest BCUT2D eigenvalue weighted by atomic mass is 32.2. The van der Waals surface area contributed by atoms with Crippen molar-refractivity contribution in [3.8, 4) is 23.6 Å². The molecule has 0 saturated carbocycles. The molecule has 0 unspecified atom stereocenters. The lowest BCUT2D eigenvalue weighted by Gasteiger charge is -2.04. The molecule has 0 aliphatic heterocycles. The summed E-state index contributed by atoms with van der Waals surface area (Å²) < 4.78 is 0. The van der Waals surface area contributed by atoms with Gasteiger partial charge in [-0.3, -0.25) is 0 Å². The Labute approximate surface area is 125 Å². The Morgan fingerprint density at radius 1 is 1.20 bits per heavy atom. The molecule has 0 bridgehead atoms. The van der Waals surface area contributed by atoms with Crippen LogP contribution in [0.25, 0.3) is 21.6 Å². The lowest BCUT2D eigenvalue weighted by atomic mass is 10.1. The van der Waals surface area contributed by atoms with Crippen LogP contribution in [0.5, 0.6) is 0 Å². The molecular weight excluding hydrogens is 286 g/mol. The van der Waals surface area contributed by atoms with Gasteiger partial charge in [0.15, 0.2) is 5.16 Å². The number of hydrogen-bond donors (Lipinski definition) is 0. The van der Waals surface area contributed by atoms with Crippen molar-refractivity contribution in [2.24, 2.45) is 0 Å². The van der Waals surface area contributed by atoms with Crippen LogP contribution in [0.3, 0.4) is 0 Å². The van der Waals surface area contributed by atoms with E-state index in [4.69, 9.17) is 6.42 Å². The maximum atomic E-state index is 5.31. The fraction of sp³-hybridized carbons (Fsp3) is 0.133. The van der Waals surface area contributed by atoms with Crippen molar-refractivity contribution in [1.82, 2.24) is 15.0 Å². The van der Waals surface area contributed by atoms with Gasteiger partial charge in [0.25, 0.3) is 0 Å². The topological polar surface area (TPSA) is 38.7 Å². The Hall–Kier alpha value is -1.90. The maximum Gasteiger partial charge on any atom is 0.190 e. The Kier molecular flexibility index (Phi) is 3.68. The predicted octanol–water partition coefficient (Wildman–Crippen LogP) is 3.79. The van der Waals surface area contributed by atoms with Gasteiger partial charge in [0.1, 0.15) is 16.0 Å². The van der Waals surface area contributed by atoms with E-state index in [1.165, 1.54) is 11.8 Å². The molecule has 0 radical (unpaired) electrons. The molecule has 0 aliphatic carbocycles. The van der Waals surface area contributed by atoms with E-state index >= 15 is 0 Å². The van der Waals surface area contributed by atoms with E-state index in [-0.39, 0.29) is 0 Å². The smallest absolute Gasteiger partial charge is 0.190 e. The van der Waals surface area contributed by atoms with Gasteiger partial charge in [-0.15, -0.1) is 6.42 Å². The third kappa shape index (κ3) is 2.53. The summed E-state index contributed by atoms with van der Waals surface area (Å²) in [6.07, 6.45) is 5.31. The first kappa shape index (κ1) is 13.1. The molecule has 2 heterocycles. The summed E-state index contributed by atoms with van der Waals surface area (Å²) in [6, 6.07) is 10.0. The number of fused-ring (bicyclic) bond motifs is 1. The fourth-order valence-electron chi connectivity index (χ4n) is 1.87. The zero-order valence-electron chi connectivity index (χ0n) is 10.8. The average Bonchev–Trinajstić information content (AvgIpc) is 2.85. The van der Waals surface area contributed by atoms with Gasteiger partial charge in [0.05, 0.1) is 10.8 Å². The number of nitrogens with zero attached hydrogens (tertiary/aromatic N) is 3. The molecule has 5 heteroatoms. The lowest BCUT2D eigenvalue weighted by Crippen LogP contribution is -1.92. The third-order valence-electron chi connectivity index (χ3n) is 2.68. The minimum Gasteiger partial charge on any atom is -0.237 e. The van der Waals surface area contributed by atoms with Gasteiger partial charge in [0.2, 0.25) is 0 Å². The van der Waals surface area contributed by atoms with Gasteiger partial charge < -0.3 is 0 Å². The molecule has 0 aliphatic rings. The van der Waals surface area contributed by atoms with E-state index in [1.807, 2.05) is 37.3 Å². The fourth-order valence-corrected chi connectivity index (χ4v) is 3.24. The second-order valence-corrected chi connectivity index (χ2v) is 6.22. The van der Waals surface area contributed by atoms with Crippen molar-refractivity contribution in [2.45, 2.75) is 12.1 Å². The van der Waals surface area contributed by atoms with Crippen LogP contribution in [0.15, 0.2) is 35.5 Å². The highest BCUT2D eigenvalue weighted by Gasteiger charge is 2.13. The molecule has 1 aromatic carbocycles. The Bertz CT molecular complexity index is 788. The van der Waals surface area contributed by atoms with E-state index in [9.17, 15) is 0 Å². The highest BCUT2D eigenvalue weighted by molar-refractivity contribution is 7.99. The molecule has 0 spiro atoms. The molecule has 0 saturated heterocycles. The standard InChI is InChI=1S/C15H11N3S2/c1-3-9-19-15-17-12(11-7-5-4-6-8-11)13-14(18-15)20-10(2)16-13/h1,4-8H,9H2,2H3. The van der Waals surface area contributed by atoms with Crippen LogP contribution < -0.4 is 0 Å². The molecule has 0 amide bonds. The van der Waals surface area contributed by atoms with E-state index in [0.29, 0.717) is 10.9 Å². The van der Waals surface area contributed by atoms with E-state index < -0.39 is 0 Å². The highest BCUT2D eigenvalue weighted by Crippen LogP contribution is 2.30. The Balaban J connectivity index is 2.20. The zero-order chi connectivity index (χ0) is 13.9. The number of aromatic nitrogens is 3. The van der Waals surface area contributed by atoms with Gasteiger partial charge in [0, 0.05) is 5.56 Å². The number of rotatable bonds is 3. The molecule has 2 aromatic heterocycles. The van der Waals surface area contributed by atoms with Crippen molar-refractivity contribution >= 4 is 33.4 Å².